The second kappa shape index (κ2) is 16.6. The number of hydrogen-bond acceptors (Lipinski definition) is 5. The molecule has 0 saturated carbocycles. The van der Waals surface area contributed by atoms with Crippen molar-refractivity contribution < 1.29 is 34.4 Å². The van der Waals surface area contributed by atoms with Crippen LogP contribution in [0.2, 0.25) is 0 Å². The molecule has 1 radical (unpaired) electrons. The zero-order valence-corrected chi connectivity index (χ0v) is 33.9. The van der Waals surface area contributed by atoms with Crippen LogP contribution in [0.3, 0.4) is 0 Å². The Kier molecular flexibility index (Phi) is 13.5. The monoisotopic (exact) mass is 856 g/mol. The minimum Gasteiger partial charge on any atom is -0.512 e. The summed E-state index contributed by atoms with van der Waals surface area (Å²) in [6, 6.07) is 22.4. The average molecular weight is 856 g/mol. The van der Waals surface area contributed by atoms with E-state index >= 15 is 0 Å². The van der Waals surface area contributed by atoms with Gasteiger partial charge in [0.05, 0.1) is 0 Å². The zero-order chi connectivity index (χ0) is 35.3. The van der Waals surface area contributed by atoms with Crippen molar-refractivity contribution in [2.24, 2.45) is 20.8 Å². The summed E-state index contributed by atoms with van der Waals surface area (Å²) in [5.74, 6) is 1.21. The summed E-state index contributed by atoms with van der Waals surface area (Å²) in [6.07, 6.45) is 8.19. The summed E-state index contributed by atoms with van der Waals surface area (Å²) in [5, 5.41) is 15.6. The molecule has 5 nitrogen and oxygen atoms in total. The van der Waals surface area contributed by atoms with Crippen LogP contribution in [0.1, 0.15) is 105 Å². The minimum atomic E-state index is -0.337. The molecule has 0 atom stereocenters. The minimum absolute atomic E-state index is 0. The molecular formula is C42H51IrN2O3S-. The molecule has 0 aliphatic carbocycles. The molecule has 0 saturated heterocycles. The number of nitrogens with zero attached hydrogens (tertiary/aromatic N) is 2. The largest absolute Gasteiger partial charge is 0.512 e. The number of rotatable bonds is 10. The van der Waals surface area contributed by atoms with Crippen molar-refractivity contribution in [1.29, 1.82) is 0 Å². The van der Waals surface area contributed by atoms with Gasteiger partial charge in [0.15, 0.2) is 5.78 Å². The number of aliphatic hydroxyl groups excluding tert-OH is 1. The standard InChI is InChI=1S/C27H23N2OS.C15H28O2.Ir/c1-17-11-20-9-10-24-22(26(20)30-17)14-25(31-24)29-16-28-15-18-12-19-7-5-6-8-21(19)23(13-18)27(2,3)4;1-7-14(5,8-2)12(16)11-13(17)15(6,9-3)10-4;/h5-11,13-16H,1-4H3;11,16H,7-10H2,1-6H3;/q-1;;/b28-15?,29-16-;12-11-;. The van der Waals surface area contributed by atoms with Gasteiger partial charge in [0.25, 0.3) is 0 Å². The van der Waals surface area contributed by atoms with E-state index in [2.05, 4.69) is 85.4 Å². The maximum absolute atomic E-state index is 12.2. The molecule has 3 aromatic carbocycles. The summed E-state index contributed by atoms with van der Waals surface area (Å²) < 4.78 is 7.04. The molecular weight excluding hydrogens is 805 g/mol. The normalized spacial score (nSPS) is 13.0. The van der Waals surface area contributed by atoms with Crippen molar-refractivity contribution in [3.63, 3.8) is 0 Å². The molecule has 5 aromatic rings. The van der Waals surface area contributed by atoms with Crippen LogP contribution in [0.4, 0.5) is 5.00 Å². The van der Waals surface area contributed by atoms with Crippen LogP contribution in [-0.4, -0.2) is 23.4 Å². The van der Waals surface area contributed by atoms with E-state index in [4.69, 9.17) is 4.42 Å². The van der Waals surface area contributed by atoms with Crippen LogP contribution in [0.25, 0.3) is 31.8 Å². The van der Waals surface area contributed by atoms with Crippen molar-refractivity contribution in [2.45, 2.75) is 100 Å². The topological polar surface area (TPSA) is 75.2 Å². The molecule has 263 valence electrons. The van der Waals surface area contributed by atoms with Crippen LogP contribution in [-0.2, 0) is 30.3 Å². The first-order valence-corrected chi connectivity index (χ1v) is 17.9. The second-order valence-corrected chi connectivity index (χ2v) is 15.3. The van der Waals surface area contributed by atoms with Crippen molar-refractivity contribution in [3.05, 3.63) is 89.4 Å². The zero-order valence-electron chi connectivity index (χ0n) is 30.7. The Hall–Kier alpha value is -3.38. The molecule has 2 heterocycles. The van der Waals surface area contributed by atoms with Gasteiger partial charge in [-0.05, 0) is 68.5 Å². The van der Waals surface area contributed by atoms with Gasteiger partial charge >= 0.3 is 0 Å². The third kappa shape index (κ3) is 9.25. The maximum Gasteiger partial charge on any atom is 0.164 e. The number of ketones is 1. The number of carbonyl (C=O) groups excluding carboxylic acids is 1. The van der Waals surface area contributed by atoms with Crippen molar-refractivity contribution in [3.8, 4) is 0 Å². The summed E-state index contributed by atoms with van der Waals surface area (Å²) in [6.45, 7) is 20.8. The molecule has 0 spiro atoms. The molecule has 7 heteroatoms. The van der Waals surface area contributed by atoms with E-state index in [9.17, 15) is 9.90 Å². The predicted octanol–water partition coefficient (Wildman–Crippen LogP) is 12.6. The Morgan fingerprint density at radius 1 is 0.898 bits per heavy atom. The third-order valence-electron chi connectivity index (χ3n) is 9.96. The number of hydrogen-bond donors (Lipinski definition) is 1. The summed E-state index contributed by atoms with van der Waals surface area (Å²) >= 11 is 1.64. The van der Waals surface area contributed by atoms with Crippen molar-refractivity contribution >= 4 is 66.5 Å². The number of benzene rings is 3. The van der Waals surface area contributed by atoms with E-state index in [1.807, 2.05) is 60.7 Å². The van der Waals surface area contributed by atoms with E-state index in [1.54, 1.807) is 17.7 Å². The molecule has 0 unspecified atom stereocenters. The van der Waals surface area contributed by atoms with Crippen LogP contribution in [0, 0.1) is 23.8 Å². The fourth-order valence-corrected chi connectivity index (χ4v) is 6.52. The van der Waals surface area contributed by atoms with E-state index in [1.165, 1.54) is 17.0 Å². The number of aliphatic hydroxyl groups is 1. The van der Waals surface area contributed by atoms with Gasteiger partial charge in [-0.25, -0.2) is 4.99 Å². The Morgan fingerprint density at radius 2 is 1.55 bits per heavy atom. The molecule has 5 rings (SSSR count). The predicted molar refractivity (Wildman–Crippen MR) is 207 cm³/mol. The maximum atomic E-state index is 12.2. The van der Waals surface area contributed by atoms with Crippen molar-refractivity contribution in [1.82, 2.24) is 0 Å². The second-order valence-electron chi connectivity index (χ2n) is 14.2. The third-order valence-corrected chi connectivity index (χ3v) is 11.0. The molecule has 0 fully saturated rings. The van der Waals surface area contributed by atoms with Gasteiger partial charge in [0, 0.05) is 52.5 Å². The SMILES string of the molecule is CCC(C)(CC)C(=O)/C=C(\O)C(C)(CC)CC.Cc1cc2ccc3sc(/N=C\N=Cc4[c-]c5ccccc5c(C(C)(C)C)c4)cc3c2o1.[Ir]. The van der Waals surface area contributed by atoms with Gasteiger partial charge in [-0.2, -0.15) is 0 Å². The van der Waals surface area contributed by atoms with Crippen LogP contribution < -0.4 is 0 Å². The molecule has 0 amide bonds. The number of aryl methyl sites for hydroxylation is 1. The van der Waals surface area contributed by atoms with Gasteiger partial charge in [-0.1, -0.05) is 85.9 Å². The first-order valence-electron chi connectivity index (χ1n) is 17.1. The van der Waals surface area contributed by atoms with Gasteiger partial charge in [-0.3, -0.25) is 9.79 Å². The fourth-order valence-electron chi connectivity index (χ4n) is 5.62. The van der Waals surface area contributed by atoms with Crippen LogP contribution >= 0.6 is 11.3 Å². The van der Waals surface area contributed by atoms with Crippen LogP contribution in [0.5, 0.6) is 0 Å². The van der Waals surface area contributed by atoms with Crippen LogP contribution in [0.15, 0.2) is 80.8 Å². The summed E-state index contributed by atoms with van der Waals surface area (Å²) in [5.41, 5.74) is 2.62. The average Bonchev–Trinajstić information content (AvgIpc) is 3.67. The van der Waals surface area contributed by atoms with Crippen molar-refractivity contribution in [2.75, 3.05) is 0 Å². The van der Waals surface area contributed by atoms with E-state index in [0.717, 1.165) is 68.4 Å². The first kappa shape index (κ1) is 40.1. The van der Waals surface area contributed by atoms with E-state index in [0.29, 0.717) is 0 Å². The number of fused-ring (bicyclic) bond motifs is 4. The summed E-state index contributed by atoms with van der Waals surface area (Å²) in [7, 11) is 0. The summed E-state index contributed by atoms with van der Waals surface area (Å²) in [4.78, 5) is 21.2. The molecule has 49 heavy (non-hydrogen) atoms. The van der Waals surface area contributed by atoms with E-state index < -0.39 is 0 Å². The molecule has 0 bridgehead atoms. The molecule has 0 aliphatic rings. The van der Waals surface area contributed by atoms with Gasteiger partial charge in [0.2, 0.25) is 0 Å². The Labute approximate surface area is 310 Å². The molecule has 1 N–H and O–H groups in total. The number of furan rings is 1. The quantitative estimate of drug-likeness (QED) is 0.0500. The first-order chi connectivity index (χ1) is 22.7. The van der Waals surface area contributed by atoms with Gasteiger partial charge < -0.3 is 9.52 Å². The fraction of sp³-hybridized carbons (Fsp3) is 0.405. The number of aliphatic imine (C=N–C) groups is 2. The Balaban J connectivity index is 0.000000312. The number of allylic oxidation sites excluding steroid dienone is 2. The molecule has 2 aromatic heterocycles. The Bertz CT molecular complexity index is 1980. The van der Waals surface area contributed by atoms with Gasteiger partial charge in [-0.15, -0.1) is 46.0 Å². The Morgan fingerprint density at radius 3 is 2.18 bits per heavy atom. The smallest absolute Gasteiger partial charge is 0.164 e. The molecule has 0 aliphatic heterocycles. The number of thiophene rings is 1. The van der Waals surface area contributed by atoms with E-state index in [-0.39, 0.29) is 47.9 Å². The number of carbonyl (C=O) groups is 1. The van der Waals surface area contributed by atoms with Gasteiger partial charge in [0.1, 0.15) is 28.4 Å².